The summed E-state index contributed by atoms with van der Waals surface area (Å²) < 4.78 is 29.7. The van der Waals surface area contributed by atoms with Crippen molar-refractivity contribution in [3.8, 4) is 5.75 Å². The first kappa shape index (κ1) is 32.1. The van der Waals surface area contributed by atoms with Gasteiger partial charge in [0.05, 0.1) is 48.7 Å². The second kappa shape index (κ2) is 15.6. The molecule has 13 heteroatoms. The van der Waals surface area contributed by atoms with Crippen LogP contribution in [0, 0.1) is 11.7 Å². The number of esters is 1. The van der Waals surface area contributed by atoms with Crippen molar-refractivity contribution in [3.05, 3.63) is 59.7 Å². The van der Waals surface area contributed by atoms with E-state index in [0.717, 1.165) is 12.8 Å². The van der Waals surface area contributed by atoms with Gasteiger partial charge in [0.25, 0.3) is 0 Å². The fourth-order valence-corrected chi connectivity index (χ4v) is 4.40. The lowest BCUT2D eigenvalue weighted by Crippen LogP contribution is -2.38. The van der Waals surface area contributed by atoms with E-state index in [1.165, 1.54) is 37.7 Å². The lowest BCUT2D eigenvalue weighted by Gasteiger charge is -2.22. The van der Waals surface area contributed by atoms with Crippen molar-refractivity contribution < 1.29 is 33.3 Å². The second-order valence-electron chi connectivity index (χ2n) is 10.1. The van der Waals surface area contributed by atoms with Gasteiger partial charge in [0.1, 0.15) is 23.7 Å². The van der Waals surface area contributed by atoms with Crippen LogP contribution >= 0.6 is 11.6 Å². The number of aliphatic hydroxyl groups excluding tert-OH is 1. The third-order valence-corrected chi connectivity index (χ3v) is 6.76. The van der Waals surface area contributed by atoms with Gasteiger partial charge in [-0.1, -0.05) is 17.7 Å². The normalized spacial score (nSPS) is 13.8. The van der Waals surface area contributed by atoms with Crippen LogP contribution in [0.2, 0.25) is 5.02 Å². The second-order valence-corrected chi connectivity index (χ2v) is 10.5. The third kappa shape index (κ3) is 9.85. The predicted molar refractivity (Wildman–Crippen MR) is 161 cm³/mol. The Morgan fingerprint density at radius 2 is 2.07 bits per heavy atom. The molecule has 1 aliphatic rings. The van der Waals surface area contributed by atoms with Crippen molar-refractivity contribution in [3.63, 3.8) is 0 Å². The lowest BCUT2D eigenvalue weighted by atomic mass is 10.1. The fourth-order valence-electron chi connectivity index (χ4n) is 4.22. The molecule has 1 aliphatic carbocycles. The minimum Gasteiger partial charge on any atom is -0.491 e. The number of hydrogen-bond donors (Lipinski definition) is 3. The molecule has 43 heavy (non-hydrogen) atoms. The molecule has 1 amide bonds. The Morgan fingerprint density at radius 1 is 1.26 bits per heavy atom. The molecule has 1 heterocycles. The third-order valence-electron chi connectivity index (χ3n) is 6.47. The number of carbonyl (C=O) groups excluding carboxylic acids is 2. The van der Waals surface area contributed by atoms with Crippen LogP contribution in [0.3, 0.4) is 0 Å². The Balaban J connectivity index is 1.53. The summed E-state index contributed by atoms with van der Waals surface area (Å²) in [4.78, 5) is 35.4. The monoisotopic (exact) mass is 615 g/mol. The van der Waals surface area contributed by atoms with E-state index in [1.54, 1.807) is 30.0 Å². The maximum absolute atomic E-state index is 13.7. The number of carbonyl (C=O) groups is 2. The zero-order chi connectivity index (χ0) is 30.8. The summed E-state index contributed by atoms with van der Waals surface area (Å²) in [5, 5.41) is 16.7. The minimum absolute atomic E-state index is 0.0344. The van der Waals surface area contributed by atoms with Gasteiger partial charge in [-0.3, -0.25) is 14.5 Å². The Kier molecular flexibility index (Phi) is 11.6. The summed E-state index contributed by atoms with van der Waals surface area (Å²) in [6, 6.07) is 7.69. The summed E-state index contributed by atoms with van der Waals surface area (Å²) in [6.45, 7) is 2.87. The number of anilines is 3. The molecule has 0 spiro atoms. The van der Waals surface area contributed by atoms with Crippen LogP contribution in [0.4, 0.5) is 21.6 Å². The topological polar surface area (TPSA) is 135 Å². The quantitative estimate of drug-likeness (QED) is 0.158. The van der Waals surface area contributed by atoms with Gasteiger partial charge >= 0.3 is 5.97 Å². The van der Waals surface area contributed by atoms with E-state index in [0.29, 0.717) is 46.4 Å². The highest BCUT2D eigenvalue weighted by molar-refractivity contribution is 6.31. The molecule has 1 saturated carbocycles. The molecule has 1 atom stereocenters. The number of aromatic nitrogens is 2. The molecule has 2 aromatic carbocycles. The summed E-state index contributed by atoms with van der Waals surface area (Å²) in [5.74, 6) is -0.0397. The number of hydrogen-bond acceptors (Lipinski definition) is 10. The van der Waals surface area contributed by atoms with Crippen molar-refractivity contribution in [2.75, 3.05) is 57.2 Å². The minimum atomic E-state index is -0.818. The lowest BCUT2D eigenvalue weighted by molar-refractivity contribution is -0.144. The van der Waals surface area contributed by atoms with E-state index in [2.05, 4.69) is 20.6 Å². The van der Waals surface area contributed by atoms with E-state index in [-0.39, 0.29) is 37.9 Å². The predicted octanol–water partition coefficient (Wildman–Crippen LogP) is 4.32. The number of halogens is 2. The molecule has 0 saturated heterocycles. The van der Waals surface area contributed by atoms with Crippen LogP contribution in [-0.4, -0.2) is 84.5 Å². The number of nitrogens with zero attached hydrogens (tertiary/aromatic N) is 3. The summed E-state index contributed by atoms with van der Waals surface area (Å²) in [6.07, 6.45) is 5.70. The van der Waals surface area contributed by atoms with Gasteiger partial charge in [-0.2, -0.15) is 0 Å². The molecule has 0 aliphatic heterocycles. The molecule has 0 radical (unpaired) electrons. The maximum Gasteiger partial charge on any atom is 0.320 e. The van der Waals surface area contributed by atoms with Crippen LogP contribution in [-0.2, 0) is 19.1 Å². The van der Waals surface area contributed by atoms with Gasteiger partial charge in [-0.05, 0) is 49.9 Å². The summed E-state index contributed by atoms with van der Waals surface area (Å²) >= 11 is 5.94. The van der Waals surface area contributed by atoms with Gasteiger partial charge in [0, 0.05) is 43.4 Å². The Bertz CT molecular complexity index is 1450. The van der Waals surface area contributed by atoms with E-state index >= 15 is 0 Å². The van der Waals surface area contributed by atoms with Gasteiger partial charge in [0.2, 0.25) is 5.91 Å². The first-order chi connectivity index (χ1) is 20.7. The van der Waals surface area contributed by atoms with E-state index in [1.807, 2.05) is 0 Å². The van der Waals surface area contributed by atoms with Gasteiger partial charge in [-0.15, -0.1) is 0 Å². The van der Waals surface area contributed by atoms with Crippen molar-refractivity contribution >= 4 is 51.6 Å². The number of benzene rings is 2. The van der Waals surface area contributed by atoms with Crippen molar-refractivity contribution in [1.82, 2.24) is 14.9 Å². The average Bonchev–Trinajstić information content (AvgIpc) is 3.79. The van der Waals surface area contributed by atoms with E-state index < -0.39 is 23.8 Å². The molecule has 1 aromatic heterocycles. The van der Waals surface area contributed by atoms with Crippen LogP contribution in [0.25, 0.3) is 10.9 Å². The van der Waals surface area contributed by atoms with Gasteiger partial charge < -0.3 is 30.0 Å². The number of fused-ring (bicyclic) bond motifs is 1. The van der Waals surface area contributed by atoms with E-state index in [9.17, 15) is 19.1 Å². The Labute approximate surface area is 254 Å². The Morgan fingerprint density at radius 3 is 2.79 bits per heavy atom. The molecule has 11 nitrogen and oxygen atoms in total. The standard InChI is InChI=1S/C30H35ClFN5O6/c1-3-42-29(40)15-37(14-21(38)17-41-2)10-4-5-28(39)36-26-12-22-25(13-27(26)43-16-19-6-7-19)33-18-34-30(22)35-20-8-9-24(32)23(31)11-20/h4-5,8-9,11-13,18-19,21,38H,3,6-7,10,14-17H2,1-2H3,(H,36,39)(H,33,34,35). The summed E-state index contributed by atoms with van der Waals surface area (Å²) in [7, 11) is 1.47. The van der Waals surface area contributed by atoms with Gasteiger partial charge in [0.15, 0.2) is 0 Å². The molecule has 230 valence electrons. The van der Waals surface area contributed by atoms with Crippen LogP contribution < -0.4 is 15.4 Å². The van der Waals surface area contributed by atoms with Gasteiger partial charge in [-0.25, -0.2) is 14.4 Å². The SMILES string of the molecule is CCOC(=O)CN(CC=CC(=O)Nc1cc2c(Nc3ccc(F)c(Cl)c3)ncnc2cc1OCC1CC1)CC(O)COC. The van der Waals surface area contributed by atoms with Crippen molar-refractivity contribution in [2.24, 2.45) is 5.92 Å². The smallest absolute Gasteiger partial charge is 0.320 e. The highest BCUT2D eigenvalue weighted by Gasteiger charge is 2.23. The highest BCUT2D eigenvalue weighted by Crippen LogP contribution is 2.36. The number of ether oxygens (including phenoxy) is 3. The molecule has 4 rings (SSSR count). The Hall–Kier alpha value is -3.84. The molecular formula is C30H35ClFN5O6. The number of nitrogens with one attached hydrogen (secondary N) is 2. The molecular weight excluding hydrogens is 581 g/mol. The van der Waals surface area contributed by atoms with Crippen molar-refractivity contribution in [1.29, 1.82) is 0 Å². The number of amides is 1. The molecule has 0 bridgehead atoms. The average molecular weight is 616 g/mol. The molecule has 1 unspecified atom stereocenters. The fraction of sp³-hybridized carbons (Fsp3) is 0.400. The highest BCUT2D eigenvalue weighted by atomic mass is 35.5. The first-order valence-electron chi connectivity index (χ1n) is 13.9. The first-order valence-corrected chi connectivity index (χ1v) is 14.3. The summed E-state index contributed by atoms with van der Waals surface area (Å²) in [5.41, 5.74) is 1.52. The van der Waals surface area contributed by atoms with Crippen molar-refractivity contribution in [2.45, 2.75) is 25.9 Å². The molecule has 3 aromatic rings. The number of rotatable bonds is 16. The van der Waals surface area contributed by atoms with E-state index in [4.69, 9.17) is 25.8 Å². The molecule has 3 N–H and O–H groups in total. The zero-order valence-corrected chi connectivity index (χ0v) is 24.8. The number of aliphatic hydroxyl groups is 1. The zero-order valence-electron chi connectivity index (χ0n) is 24.0. The van der Waals surface area contributed by atoms with Crippen LogP contribution in [0.15, 0.2) is 48.8 Å². The number of methoxy groups -OCH3 is 1. The largest absolute Gasteiger partial charge is 0.491 e. The molecule has 1 fully saturated rings. The van der Waals surface area contributed by atoms with Crippen LogP contribution in [0.5, 0.6) is 5.75 Å². The maximum atomic E-state index is 13.7. The van der Waals surface area contributed by atoms with Crippen LogP contribution in [0.1, 0.15) is 19.8 Å².